The number of carbonyl (C=O) groups is 2. The van der Waals surface area contributed by atoms with Gasteiger partial charge in [0.15, 0.2) is 12.2 Å². The predicted octanol–water partition coefficient (Wildman–Crippen LogP) is -2.99. The minimum atomic E-state index is -1.73. The van der Waals surface area contributed by atoms with Crippen molar-refractivity contribution in [3.63, 3.8) is 0 Å². The fourth-order valence-corrected chi connectivity index (χ4v) is 5.04. The first-order valence-electron chi connectivity index (χ1n) is 14.4. The number of hydrogen-bond acceptors (Lipinski definition) is 14. The number of aliphatic hydroxyl groups excluding tert-OH is 6. The van der Waals surface area contributed by atoms with E-state index in [9.17, 15) is 40.2 Å². The lowest BCUT2D eigenvalue weighted by atomic mass is 9.83. The van der Waals surface area contributed by atoms with Gasteiger partial charge in [0.1, 0.15) is 24.4 Å². The number of guanidine groups is 1. The van der Waals surface area contributed by atoms with Crippen LogP contribution in [-0.4, -0.2) is 142 Å². The number of methoxy groups -OCH3 is 1. The fourth-order valence-electron chi connectivity index (χ4n) is 5.04. The number of aliphatic carboxylic acids is 1. The molecule has 0 amide bonds. The molecule has 0 aromatic carbocycles. The molecule has 3 heterocycles. The summed E-state index contributed by atoms with van der Waals surface area (Å²) in [6, 6.07) is 0. The Labute approximate surface area is 264 Å². The second-order valence-corrected chi connectivity index (χ2v) is 10.5. The van der Waals surface area contributed by atoms with Crippen molar-refractivity contribution in [3.8, 4) is 0 Å². The highest BCUT2D eigenvalue weighted by molar-refractivity contribution is 5.92. The molecule has 8 atom stereocenters. The number of esters is 1. The molecule has 0 saturated carbocycles. The number of carboxylic acids is 1. The van der Waals surface area contributed by atoms with E-state index in [2.05, 4.69) is 16.9 Å². The predicted molar refractivity (Wildman–Crippen MR) is 159 cm³/mol. The van der Waals surface area contributed by atoms with Gasteiger partial charge in [0.25, 0.3) is 0 Å². The Morgan fingerprint density at radius 3 is 2.52 bits per heavy atom. The number of nitrogens with one attached hydrogen (secondary N) is 1. The van der Waals surface area contributed by atoms with Crippen molar-refractivity contribution in [2.24, 2.45) is 22.6 Å². The summed E-state index contributed by atoms with van der Waals surface area (Å²) in [5, 5.41) is 71.7. The second-order valence-electron chi connectivity index (χ2n) is 10.5. The average molecular weight is 655 g/mol. The third-order valence-corrected chi connectivity index (χ3v) is 7.48. The molecule has 0 radical (unpaired) electrons. The Hall–Kier alpha value is -3.81. The molecule has 0 spiro atoms. The lowest BCUT2D eigenvalue weighted by Crippen LogP contribution is -2.60. The zero-order valence-electron chi connectivity index (χ0n) is 25.2. The van der Waals surface area contributed by atoms with E-state index in [0.717, 1.165) is 6.26 Å². The lowest BCUT2D eigenvalue weighted by Gasteiger charge is -2.42. The molecule has 8 unspecified atom stereocenters. The maximum Gasteiger partial charge on any atom is 0.337 e. The van der Waals surface area contributed by atoms with Gasteiger partial charge in [0, 0.05) is 37.4 Å². The molecule has 17 nitrogen and oxygen atoms in total. The highest BCUT2D eigenvalue weighted by atomic mass is 16.8. The van der Waals surface area contributed by atoms with Crippen molar-refractivity contribution in [1.29, 1.82) is 0 Å². The van der Waals surface area contributed by atoms with Crippen molar-refractivity contribution < 1.29 is 64.3 Å². The topological polar surface area (TPSA) is 266 Å². The summed E-state index contributed by atoms with van der Waals surface area (Å²) in [5.41, 5.74) is 6.35. The van der Waals surface area contributed by atoms with Crippen molar-refractivity contribution in [2.75, 3.05) is 46.6 Å². The zero-order valence-corrected chi connectivity index (χ0v) is 25.2. The Balaban J connectivity index is 2.01. The first kappa shape index (κ1) is 36.7. The molecule has 3 rings (SSSR count). The van der Waals surface area contributed by atoms with Gasteiger partial charge in [-0.25, -0.2) is 9.59 Å². The molecule has 1 fully saturated rings. The minimum absolute atomic E-state index is 0.0305. The van der Waals surface area contributed by atoms with Crippen LogP contribution >= 0.6 is 0 Å². The molecule has 10 N–H and O–H groups in total. The molecule has 17 heteroatoms. The first-order chi connectivity index (χ1) is 22.0. The van der Waals surface area contributed by atoms with Crippen LogP contribution in [-0.2, 0) is 28.5 Å². The van der Waals surface area contributed by atoms with Crippen LogP contribution in [0.15, 0.2) is 64.7 Å². The summed E-state index contributed by atoms with van der Waals surface area (Å²) in [6.45, 7) is 2.98. The third kappa shape index (κ3) is 8.71. The van der Waals surface area contributed by atoms with Gasteiger partial charge in [0.2, 0.25) is 6.29 Å². The Kier molecular flexibility index (Phi) is 13.7. The molecule has 46 heavy (non-hydrogen) atoms. The third-order valence-electron chi connectivity index (χ3n) is 7.48. The standard InChI is InChI=1S/C29H42N4O13/c1-3-16-17(19(26(42)43-2)14-44-27(16)46-28-24(39)23(38)22(37)20(13-36)45-28)6-5-15-11-33(8-10-35)12-18(25(40)41)21(15)32-29(30)31-7-4-9-34/h3,5-6,11,14,16-17,20,22-24,27-28,34-39H,1,4,7-10,12-13H2,2H3,(H,40,41)(H3,30,31,32). The normalized spacial score (nSPS) is 30.4. The maximum absolute atomic E-state index is 12.8. The SMILES string of the molecule is C=CC1C(OC2OC(CO)C(O)C(O)C2O)OC=C(C(=O)OC)C1C=CC1=CN(CCO)CC(C(=O)O)=C1NC(N)=NCCCO. The van der Waals surface area contributed by atoms with Gasteiger partial charge in [-0.2, -0.15) is 0 Å². The Morgan fingerprint density at radius 1 is 1.17 bits per heavy atom. The summed E-state index contributed by atoms with van der Waals surface area (Å²) < 4.78 is 21.9. The number of nitrogens with two attached hydrogens (primary N) is 1. The second kappa shape index (κ2) is 17.2. The summed E-state index contributed by atoms with van der Waals surface area (Å²) in [6.07, 6.45) is -1.62. The molecular formula is C29H42N4O13. The Bertz CT molecular complexity index is 1250. The van der Waals surface area contributed by atoms with Gasteiger partial charge in [-0.05, 0) is 6.42 Å². The average Bonchev–Trinajstić information content (AvgIpc) is 3.04. The number of allylic oxidation sites excluding steroid dienone is 2. The van der Waals surface area contributed by atoms with Crippen LogP contribution in [0.3, 0.4) is 0 Å². The molecule has 1 saturated heterocycles. The van der Waals surface area contributed by atoms with Gasteiger partial charge in [-0.3, -0.25) is 4.99 Å². The van der Waals surface area contributed by atoms with Crippen LogP contribution in [0.4, 0.5) is 0 Å². The van der Waals surface area contributed by atoms with Gasteiger partial charge in [-0.15, -0.1) is 6.58 Å². The molecule has 0 bridgehead atoms. The van der Waals surface area contributed by atoms with Gasteiger partial charge in [-0.1, -0.05) is 18.2 Å². The smallest absolute Gasteiger partial charge is 0.337 e. The first-order valence-corrected chi connectivity index (χ1v) is 14.4. The molecule has 3 aliphatic rings. The summed E-state index contributed by atoms with van der Waals surface area (Å²) in [5.74, 6) is -3.87. The number of hydrogen-bond donors (Lipinski definition) is 9. The van der Waals surface area contributed by atoms with E-state index < -0.39 is 67.4 Å². The van der Waals surface area contributed by atoms with Crippen LogP contribution in [0.25, 0.3) is 0 Å². The number of aliphatic hydroxyl groups is 6. The molecule has 0 aromatic heterocycles. The van der Waals surface area contributed by atoms with E-state index >= 15 is 0 Å². The van der Waals surface area contributed by atoms with E-state index in [0.29, 0.717) is 12.0 Å². The van der Waals surface area contributed by atoms with Gasteiger partial charge < -0.3 is 70.6 Å². The molecule has 3 aliphatic heterocycles. The van der Waals surface area contributed by atoms with Crippen LogP contribution in [0.1, 0.15) is 6.42 Å². The number of β-amino-alcohol motifs (C(OH)–C–C–N with tert-alkyl or cyclic N) is 1. The number of aliphatic imine (C=N–C) groups is 1. The molecular weight excluding hydrogens is 612 g/mol. The summed E-state index contributed by atoms with van der Waals surface area (Å²) >= 11 is 0. The van der Waals surface area contributed by atoms with E-state index in [-0.39, 0.29) is 55.7 Å². The van der Waals surface area contributed by atoms with Crippen LogP contribution in [0.5, 0.6) is 0 Å². The maximum atomic E-state index is 12.8. The van der Waals surface area contributed by atoms with Crippen molar-refractivity contribution in [1.82, 2.24) is 10.2 Å². The van der Waals surface area contributed by atoms with Gasteiger partial charge in [0.05, 0.1) is 55.9 Å². The van der Waals surface area contributed by atoms with Crippen molar-refractivity contribution >= 4 is 17.9 Å². The van der Waals surface area contributed by atoms with Crippen LogP contribution < -0.4 is 11.1 Å². The summed E-state index contributed by atoms with van der Waals surface area (Å²) in [7, 11) is 1.17. The molecule has 0 aromatic rings. The van der Waals surface area contributed by atoms with E-state index in [1.165, 1.54) is 19.3 Å². The number of ether oxygens (including phenoxy) is 4. The number of rotatable bonds is 14. The highest BCUT2D eigenvalue weighted by Crippen LogP contribution is 2.37. The highest BCUT2D eigenvalue weighted by Gasteiger charge is 2.47. The lowest BCUT2D eigenvalue weighted by molar-refractivity contribution is -0.338. The van der Waals surface area contributed by atoms with E-state index in [1.54, 1.807) is 17.2 Å². The number of carbonyl (C=O) groups excluding carboxylic acids is 1. The Morgan fingerprint density at radius 2 is 1.91 bits per heavy atom. The van der Waals surface area contributed by atoms with Gasteiger partial charge >= 0.3 is 11.9 Å². The van der Waals surface area contributed by atoms with Crippen molar-refractivity contribution in [2.45, 2.75) is 43.4 Å². The molecule has 0 aliphatic carbocycles. The minimum Gasteiger partial charge on any atom is -0.478 e. The van der Waals surface area contributed by atoms with Crippen LogP contribution in [0.2, 0.25) is 0 Å². The number of carboxylic acid groups (broad SMARTS) is 1. The summed E-state index contributed by atoms with van der Waals surface area (Å²) in [4.78, 5) is 30.7. The largest absolute Gasteiger partial charge is 0.478 e. The molecule has 256 valence electrons. The van der Waals surface area contributed by atoms with Crippen LogP contribution in [0, 0.1) is 11.8 Å². The van der Waals surface area contributed by atoms with E-state index in [4.69, 9.17) is 29.8 Å². The number of nitrogens with zero attached hydrogens (tertiary/aromatic N) is 2. The fraction of sp³-hybridized carbons (Fsp3) is 0.552. The van der Waals surface area contributed by atoms with Crippen molar-refractivity contribution in [3.05, 3.63) is 59.7 Å². The van der Waals surface area contributed by atoms with E-state index in [1.807, 2.05) is 0 Å². The monoisotopic (exact) mass is 654 g/mol. The zero-order chi connectivity index (χ0) is 34.0. The quantitative estimate of drug-likeness (QED) is 0.0297.